The van der Waals surface area contributed by atoms with Gasteiger partial charge in [0, 0.05) is 65.4 Å². The fourth-order valence-corrected chi connectivity index (χ4v) is 5.28. The maximum Gasteiger partial charge on any atom is 0 e. The van der Waals surface area contributed by atoms with Crippen LogP contribution in [0.2, 0.25) is 0 Å². The number of hydrogen-bond donors (Lipinski definition) is 0. The molecule has 2 aliphatic rings. The molecular weight excluding hydrogens is 526 g/mol. The van der Waals surface area contributed by atoms with E-state index in [0.717, 1.165) is 24.2 Å². The molecule has 0 atom stereocenters. The predicted molar refractivity (Wildman–Crippen MR) is 127 cm³/mol. The van der Waals surface area contributed by atoms with Gasteiger partial charge in [-0.2, -0.15) is 48.7 Å². The third-order valence-electron chi connectivity index (χ3n) is 6.93. The largest absolute Gasteiger partial charge is 0.358 e. The average molecular weight is 566 g/mol. The van der Waals surface area contributed by atoms with Gasteiger partial charge in [-0.3, -0.25) is 0 Å². The van der Waals surface area contributed by atoms with E-state index in [1.165, 1.54) is 80.9 Å². The molecule has 2 aliphatic carbocycles. The van der Waals surface area contributed by atoms with Gasteiger partial charge in [-0.15, -0.1) is 0 Å². The Morgan fingerprint density at radius 1 is 0.645 bits per heavy atom. The molecule has 31 heavy (non-hydrogen) atoms. The molecule has 166 valence electrons. The first kappa shape index (κ1) is 31.6. The minimum atomic E-state index is 0. The second-order valence-electron chi connectivity index (χ2n) is 9.04. The van der Waals surface area contributed by atoms with Gasteiger partial charge in [-0.05, 0) is 61.0 Å². The Hall–Kier alpha value is 0.648. The Labute approximate surface area is 243 Å². The molecule has 2 aromatic carbocycles. The van der Waals surface area contributed by atoms with Crippen LogP contribution >= 0.6 is 0 Å². The minimum Gasteiger partial charge on any atom is -0.358 e. The second kappa shape index (κ2) is 17.1. The van der Waals surface area contributed by atoms with E-state index in [1.807, 2.05) is 12.1 Å². The van der Waals surface area contributed by atoms with Gasteiger partial charge in [0.2, 0.25) is 0 Å². The zero-order chi connectivity index (χ0) is 18.3. The third-order valence-corrected chi connectivity index (χ3v) is 6.93. The first-order chi connectivity index (χ1) is 13.3. The maximum absolute atomic E-state index is 3.10. The van der Waals surface area contributed by atoms with Crippen molar-refractivity contribution in [3.05, 3.63) is 92.6 Å². The molecule has 0 unspecified atom stereocenters. The smallest absolute Gasteiger partial charge is 0 e. The van der Waals surface area contributed by atoms with Gasteiger partial charge < -0.3 is 21.3 Å². The Bertz CT molecular complexity index is 666. The first-order valence-electron chi connectivity index (χ1n) is 11.2. The summed E-state index contributed by atoms with van der Waals surface area (Å²) < 4.78 is 0. The van der Waals surface area contributed by atoms with Gasteiger partial charge in [0.15, 0.2) is 0 Å². The summed E-state index contributed by atoms with van der Waals surface area (Å²) in [6.45, 7) is 0. The fraction of sp³-hybridized carbons (Fsp3) is 0.483. The van der Waals surface area contributed by atoms with Crippen molar-refractivity contribution < 1.29 is 65.4 Å². The Morgan fingerprint density at radius 2 is 1.13 bits per heavy atom. The number of benzene rings is 2. The van der Waals surface area contributed by atoms with E-state index in [0.29, 0.717) is 0 Å². The predicted octanol–water partition coefficient (Wildman–Crippen LogP) is 8.11. The second-order valence-corrected chi connectivity index (χ2v) is 9.04. The molecule has 2 fully saturated rings. The summed E-state index contributed by atoms with van der Waals surface area (Å²) in [6, 6.07) is 20.8. The molecule has 0 saturated heterocycles. The fourth-order valence-electron chi connectivity index (χ4n) is 5.28. The molecule has 0 spiro atoms. The van der Waals surface area contributed by atoms with E-state index >= 15 is 0 Å². The van der Waals surface area contributed by atoms with Gasteiger partial charge in [-0.1, -0.05) is 49.9 Å². The SMILES string of the molecule is [CH3-].[CH3-].[Y].[Y].[c-]1ccc(Cc2ccc(CC3CCC(CC4CC[CH-]CC4)CC3)cc2)cc1. The summed E-state index contributed by atoms with van der Waals surface area (Å²) >= 11 is 0. The van der Waals surface area contributed by atoms with Crippen molar-refractivity contribution in [3.8, 4) is 0 Å². The zero-order valence-electron chi connectivity index (χ0n) is 19.9. The molecule has 0 nitrogen and oxygen atoms in total. The Kier molecular flexibility index (Phi) is 17.5. The molecule has 4 rings (SSSR count). The van der Waals surface area contributed by atoms with Crippen LogP contribution in [0.1, 0.15) is 74.5 Å². The molecule has 2 radical (unpaired) electrons. The number of hydrogen-bond acceptors (Lipinski definition) is 0. The average Bonchev–Trinajstić information content (AvgIpc) is 2.73. The molecular formula is C29H40Y2-4. The van der Waals surface area contributed by atoms with E-state index in [-0.39, 0.29) is 80.3 Å². The van der Waals surface area contributed by atoms with Crippen LogP contribution in [0.15, 0.2) is 48.5 Å². The van der Waals surface area contributed by atoms with Crippen molar-refractivity contribution in [2.24, 2.45) is 17.8 Å². The zero-order valence-corrected chi connectivity index (χ0v) is 25.5. The normalized spacial score (nSPS) is 20.9. The van der Waals surface area contributed by atoms with Crippen LogP contribution in [0.25, 0.3) is 0 Å². The van der Waals surface area contributed by atoms with Crippen LogP contribution < -0.4 is 0 Å². The first-order valence-corrected chi connectivity index (χ1v) is 11.2. The third kappa shape index (κ3) is 10.6. The summed E-state index contributed by atoms with van der Waals surface area (Å²) in [5.74, 6) is 2.97. The molecule has 0 amide bonds. The van der Waals surface area contributed by atoms with Crippen LogP contribution in [0.5, 0.6) is 0 Å². The standard InChI is InChI=1S/C27H34.2CH3.2Y/c1-3-7-22(8-4-1)19-24-11-15-26(16-12-24)21-27-17-13-25(14-18-27)20-23-9-5-2-6-10-23;;;;/h1,5-6,9-10,13-14,17-18,22,24,26H,3-4,7-8,11-12,15-16,19-21H2;2*1H3;;/q-2;2*-1;;. The van der Waals surface area contributed by atoms with E-state index in [2.05, 4.69) is 48.9 Å². The molecule has 2 aromatic rings. The van der Waals surface area contributed by atoms with Gasteiger partial charge in [0.25, 0.3) is 0 Å². The van der Waals surface area contributed by atoms with Crippen LogP contribution in [0.4, 0.5) is 0 Å². The molecule has 2 heteroatoms. The maximum atomic E-state index is 3.10. The van der Waals surface area contributed by atoms with Crippen molar-refractivity contribution in [1.82, 2.24) is 0 Å². The van der Waals surface area contributed by atoms with Crippen molar-refractivity contribution in [2.75, 3.05) is 0 Å². The summed E-state index contributed by atoms with van der Waals surface area (Å²) in [7, 11) is 0. The van der Waals surface area contributed by atoms with Crippen LogP contribution in [-0.4, -0.2) is 0 Å². The van der Waals surface area contributed by atoms with Gasteiger partial charge >= 0.3 is 0 Å². The molecule has 2 saturated carbocycles. The van der Waals surface area contributed by atoms with E-state index in [1.54, 1.807) is 0 Å². The van der Waals surface area contributed by atoms with Crippen LogP contribution in [0.3, 0.4) is 0 Å². The van der Waals surface area contributed by atoms with Gasteiger partial charge in [0.1, 0.15) is 0 Å². The summed E-state index contributed by atoms with van der Waals surface area (Å²) in [6.07, 6.45) is 17.9. The summed E-state index contributed by atoms with van der Waals surface area (Å²) in [4.78, 5) is 0. The van der Waals surface area contributed by atoms with E-state index < -0.39 is 0 Å². The quantitative estimate of drug-likeness (QED) is 0.310. The van der Waals surface area contributed by atoms with Crippen molar-refractivity contribution in [3.63, 3.8) is 0 Å². The molecule has 0 heterocycles. The van der Waals surface area contributed by atoms with Crippen molar-refractivity contribution in [1.29, 1.82) is 0 Å². The molecule has 0 aliphatic heterocycles. The van der Waals surface area contributed by atoms with Crippen molar-refractivity contribution >= 4 is 0 Å². The van der Waals surface area contributed by atoms with Gasteiger partial charge in [0.05, 0.1) is 0 Å². The van der Waals surface area contributed by atoms with E-state index in [4.69, 9.17) is 0 Å². The Balaban J connectivity index is 0.00000225. The topological polar surface area (TPSA) is 0 Å². The van der Waals surface area contributed by atoms with Crippen LogP contribution in [0, 0.1) is 45.1 Å². The molecule has 0 bridgehead atoms. The summed E-state index contributed by atoms with van der Waals surface area (Å²) in [5, 5.41) is 0. The minimum absolute atomic E-state index is 0. The van der Waals surface area contributed by atoms with Crippen LogP contribution in [-0.2, 0) is 78.3 Å². The summed E-state index contributed by atoms with van der Waals surface area (Å²) in [5.41, 5.74) is 4.32. The molecule has 0 aromatic heterocycles. The van der Waals surface area contributed by atoms with E-state index in [9.17, 15) is 0 Å². The number of rotatable bonds is 6. The Morgan fingerprint density at radius 3 is 1.74 bits per heavy atom. The molecule has 0 N–H and O–H groups in total. The monoisotopic (exact) mass is 566 g/mol. The van der Waals surface area contributed by atoms with Crippen molar-refractivity contribution in [2.45, 2.75) is 70.6 Å². The van der Waals surface area contributed by atoms with Gasteiger partial charge in [-0.25, -0.2) is 0 Å².